The Morgan fingerprint density at radius 1 is 1.16 bits per heavy atom. The molecule has 32 heavy (non-hydrogen) atoms. The molecule has 1 amide bonds. The SMILES string of the molecule is CC1CCCN(S(=O)(=O)c2ccc(C(=O)Nc3nc4c(s3)CSc3ccccc3-4)cc2)C1. The average molecular weight is 486 g/mol. The van der Waals surface area contributed by atoms with Crippen LogP contribution >= 0.6 is 23.1 Å². The fourth-order valence-electron chi connectivity index (χ4n) is 4.11. The lowest BCUT2D eigenvalue weighted by atomic mass is 10.0. The first-order chi connectivity index (χ1) is 15.4. The lowest BCUT2D eigenvalue weighted by Gasteiger charge is -2.30. The first-order valence-electron chi connectivity index (χ1n) is 10.6. The molecule has 1 unspecified atom stereocenters. The van der Waals surface area contributed by atoms with E-state index in [-0.39, 0.29) is 10.8 Å². The Morgan fingerprint density at radius 3 is 2.72 bits per heavy atom. The second kappa shape index (κ2) is 8.62. The molecule has 0 saturated carbocycles. The van der Waals surface area contributed by atoms with Crippen LogP contribution in [0.25, 0.3) is 11.3 Å². The molecule has 2 aliphatic rings. The molecule has 0 bridgehead atoms. The van der Waals surface area contributed by atoms with Gasteiger partial charge in [-0.1, -0.05) is 25.1 Å². The third-order valence-corrected chi connectivity index (χ3v) is 9.93. The Hall–Kier alpha value is -2.20. The van der Waals surface area contributed by atoms with Gasteiger partial charge < -0.3 is 0 Å². The zero-order chi connectivity index (χ0) is 22.3. The van der Waals surface area contributed by atoms with Gasteiger partial charge in [0.2, 0.25) is 10.0 Å². The van der Waals surface area contributed by atoms with Crippen LogP contribution in [0.3, 0.4) is 0 Å². The van der Waals surface area contributed by atoms with Crippen molar-refractivity contribution in [3.63, 3.8) is 0 Å². The van der Waals surface area contributed by atoms with E-state index in [1.165, 1.54) is 28.4 Å². The minimum atomic E-state index is -3.54. The van der Waals surface area contributed by atoms with Crippen molar-refractivity contribution < 1.29 is 13.2 Å². The molecule has 9 heteroatoms. The summed E-state index contributed by atoms with van der Waals surface area (Å²) in [6, 6.07) is 14.3. The molecular formula is C23H23N3O3S3. The standard InChI is InChI=1S/C23H23N3O3S3/c1-15-5-4-12-26(13-15)32(28,29)17-10-8-16(9-11-17)22(27)25-23-24-21-18-6-2-3-7-19(18)30-14-20(21)31-23/h2-3,6-11,15H,4-5,12-14H2,1H3,(H,24,25,27). The maximum Gasteiger partial charge on any atom is 0.257 e. The van der Waals surface area contributed by atoms with Crippen LogP contribution in [0.2, 0.25) is 0 Å². The molecule has 2 aromatic carbocycles. The number of rotatable bonds is 4. The predicted molar refractivity (Wildman–Crippen MR) is 129 cm³/mol. The highest BCUT2D eigenvalue weighted by molar-refractivity contribution is 7.98. The summed E-state index contributed by atoms with van der Waals surface area (Å²) in [6.45, 7) is 3.16. The van der Waals surface area contributed by atoms with Gasteiger partial charge in [0.15, 0.2) is 5.13 Å². The number of hydrogen-bond acceptors (Lipinski definition) is 6. The number of thioether (sulfide) groups is 1. The molecule has 1 saturated heterocycles. The van der Waals surface area contributed by atoms with Gasteiger partial charge in [0.25, 0.3) is 5.91 Å². The van der Waals surface area contributed by atoms with E-state index in [0.29, 0.717) is 29.7 Å². The second-order valence-corrected chi connectivity index (χ2v) is 12.2. The van der Waals surface area contributed by atoms with Crippen LogP contribution < -0.4 is 5.32 Å². The van der Waals surface area contributed by atoms with Crippen LogP contribution in [0.4, 0.5) is 5.13 Å². The number of anilines is 1. The van der Waals surface area contributed by atoms with Gasteiger partial charge in [-0.3, -0.25) is 10.1 Å². The second-order valence-electron chi connectivity index (χ2n) is 8.16. The van der Waals surface area contributed by atoms with Crippen molar-refractivity contribution in [1.29, 1.82) is 0 Å². The van der Waals surface area contributed by atoms with Crippen molar-refractivity contribution in [2.45, 2.75) is 35.3 Å². The fraction of sp³-hybridized carbons (Fsp3) is 0.304. The Kier molecular flexibility index (Phi) is 5.83. The highest BCUT2D eigenvalue weighted by Crippen LogP contribution is 2.44. The number of thiazole rings is 1. The van der Waals surface area contributed by atoms with E-state index >= 15 is 0 Å². The Morgan fingerprint density at radius 2 is 1.94 bits per heavy atom. The lowest BCUT2D eigenvalue weighted by Crippen LogP contribution is -2.39. The highest BCUT2D eigenvalue weighted by atomic mass is 32.2. The maximum absolute atomic E-state index is 12.9. The van der Waals surface area contributed by atoms with Gasteiger partial charge in [-0.05, 0) is 49.1 Å². The van der Waals surface area contributed by atoms with Crippen LogP contribution in [-0.4, -0.2) is 36.7 Å². The molecule has 3 aromatic rings. The number of benzene rings is 2. The van der Waals surface area contributed by atoms with E-state index in [9.17, 15) is 13.2 Å². The van der Waals surface area contributed by atoms with Crippen molar-refractivity contribution in [2.75, 3.05) is 18.4 Å². The molecule has 1 atom stereocenters. The summed E-state index contributed by atoms with van der Waals surface area (Å²) in [7, 11) is -3.54. The number of piperidine rings is 1. The number of fused-ring (bicyclic) bond motifs is 3. The van der Waals surface area contributed by atoms with Crippen LogP contribution in [0.1, 0.15) is 35.0 Å². The van der Waals surface area contributed by atoms with Gasteiger partial charge in [0.1, 0.15) is 0 Å². The normalized spacial score (nSPS) is 18.6. The summed E-state index contributed by atoms with van der Waals surface area (Å²) in [5.41, 5.74) is 2.42. The Labute approximate surface area is 196 Å². The van der Waals surface area contributed by atoms with Crippen LogP contribution in [0.5, 0.6) is 0 Å². The molecule has 1 N–H and O–H groups in total. The molecule has 0 radical (unpaired) electrons. The van der Waals surface area contributed by atoms with Crippen molar-refractivity contribution in [3.8, 4) is 11.3 Å². The molecule has 2 aliphatic heterocycles. The van der Waals surface area contributed by atoms with E-state index in [1.54, 1.807) is 28.2 Å². The van der Waals surface area contributed by atoms with Crippen molar-refractivity contribution in [1.82, 2.24) is 9.29 Å². The average Bonchev–Trinajstić information content (AvgIpc) is 3.22. The number of aromatic nitrogens is 1. The minimum Gasteiger partial charge on any atom is -0.298 e. The zero-order valence-corrected chi connectivity index (χ0v) is 20.0. The predicted octanol–water partition coefficient (Wildman–Crippen LogP) is 5.09. The van der Waals surface area contributed by atoms with E-state index in [0.717, 1.165) is 34.7 Å². The third kappa shape index (κ3) is 4.10. The molecule has 3 heterocycles. The summed E-state index contributed by atoms with van der Waals surface area (Å²) in [4.78, 5) is 20.0. The molecule has 5 rings (SSSR count). The highest BCUT2D eigenvalue weighted by Gasteiger charge is 2.29. The number of carbonyl (C=O) groups excluding carboxylic acids is 1. The maximum atomic E-state index is 12.9. The molecule has 0 aliphatic carbocycles. The molecule has 1 aromatic heterocycles. The van der Waals surface area contributed by atoms with Gasteiger partial charge in [-0.15, -0.1) is 23.1 Å². The number of amides is 1. The number of sulfonamides is 1. The monoisotopic (exact) mass is 485 g/mol. The van der Waals surface area contributed by atoms with E-state index < -0.39 is 10.0 Å². The number of carbonyl (C=O) groups is 1. The minimum absolute atomic E-state index is 0.224. The van der Waals surface area contributed by atoms with Gasteiger partial charge >= 0.3 is 0 Å². The summed E-state index contributed by atoms with van der Waals surface area (Å²) in [5.74, 6) is 0.896. The molecule has 1 fully saturated rings. The molecular weight excluding hydrogens is 462 g/mol. The Balaban J connectivity index is 1.32. The van der Waals surface area contributed by atoms with E-state index in [2.05, 4.69) is 23.3 Å². The number of nitrogens with zero attached hydrogens (tertiary/aromatic N) is 2. The summed E-state index contributed by atoms with van der Waals surface area (Å²) >= 11 is 3.25. The number of nitrogens with one attached hydrogen (secondary N) is 1. The Bertz CT molecular complexity index is 1270. The first-order valence-corrected chi connectivity index (χ1v) is 13.8. The van der Waals surface area contributed by atoms with Crippen molar-refractivity contribution in [2.24, 2.45) is 5.92 Å². The third-order valence-electron chi connectivity index (χ3n) is 5.79. The van der Waals surface area contributed by atoms with Crippen LogP contribution in [0, 0.1) is 5.92 Å². The molecule has 166 valence electrons. The van der Waals surface area contributed by atoms with Crippen LogP contribution in [0.15, 0.2) is 58.3 Å². The lowest BCUT2D eigenvalue weighted by molar-refractivity contribution is 0.102. The number of hydrogen-bond donors (Lipinski definition) is 1. The van der Waals surface area contributed by atoms with E-state index in [1.807, 2.05) is 18.2 Å². The van der Waals surface area contributed by atoms with Crippen molar-refractivity contribution in [3.05, 3.63) is 59.0 Å². The molecule has 0 spiro atoms. The topological polar surface area (TPSA) is 79.4 Å². The summed E-state index contributed by atoms with van der Waals surface area (Å²) in [5, 5.41) is 3.43. The van der Waals surface area contributed by atoms with Crippen LogP contribution in [-0.2, 0) is 15.8 Å². The quantitative estimate of drug-likeness (QED) is 0.557. The summed E-state index contributed by atoms with van der Waals surface area (Å²) in [6.07, 6.45) is 1.93. The van der Waals surface area contributed by atoms with Gasteiger partial charge in [-0.25, -0.2) is 13.4 Å². The smallest absolute Gasteiger partial charge is 0.257 e. The summed E-state index contributed by atoms with van der Waals surface area (Å²) < 4.78 is 27.4. The zero-order valence-electron chi connectivity index (χ0n) is 17.6. The largest absolute Gasteiger partial charge is 0.298 e. The van der Waals surface area contributed by atoms with Gasteiger partial charge in [0.05, 0.1) is 10.6 Å². The van der Waals surface area contributed by atoms with E-state index in [4.69, 9.17) is 0 Å². The van der Waals surface area contributed by atoms with Crippen molar-refractivity contribution >= 4 is 44.2 Å². The van der Waals surface area contributed by atoms with Gasteiger partial charge in [-0.2, -0.15) is 4.31 Å². The first kappa shape index (κ1) is 21.6. The fourth-order valence-corrected chi connectivity index (χ4v) is 7.80. The van der Waals surface area contributed by atoms with Gasteiger partial charge in [0, 0.05) is 39.7 Å². The molecule has 6 nitrogen and oxygen atoms in total.